The molecule has 0 bridgehead atoms. The number of carboxylic acids is 1. The van der Waals surface area contributed by atoms with Gasteiger partial charge >= 0.3 is 5.97 Å². The minimum Gasteiger partial charge on any atom is -0.506 e. The molecule has 0 unspecified atom stereocenters. The smallest absolute Gasteiger partial charge is 0.324 e. The molecule has 2 fully saturated rings. The molecule has 0 spiro atoms. The third-order valence-corrected chi connectivity index (χ3v) is 7.47. The number of phenolic OH excluding ortho intramolecular Hbond substituents is 1. The summed E-state index contributed by atoms with van der Waals surface area (Å²) in [6.07, 6.45) is 0.106. The average Bonchev–Trinajstić information content (AvgIpc) is 3.20. The van der Waals surface area contributed by atoms with Crippen LogP contribution in [0.1, 0.15) is 31.9 Å². The molecule has 33 heavy (non-hydrogen) atoms. The molecule has 4 atom stereocenters. The van der Waals surface area contributed by atoms with E-state index in [0.717, 1.165) is 8.47 Å². The minimum absolute atomic E-state index is 0.0289. The average molecular weight is 603 g/mol. The Kier molecular flexibility index (Phi) is 6.41. The summed E-state index contributed by atoms with van der Waals surface area (Å²) in [5, 5.41) is 24.2. The number of nitrogens with one attached hydrogen (secondary N) is 1. The van der Waals surface area contributed by atoms with E-state index in [-0.39, 0.29) is 33.7 Å². The summed E-state index contributed by atoms with van der Waals surface area (Å²) in [6.45, 7) is 3.70. The number of hydrogen-bond donors (Lipinski definition) is 3. The van der Waals surface area contributed by atoms with E-state index in [1.807, 2.05) is 13.8 Å². The zero-order valence-electron chi connectivity index (χ0n) is 17.7. The first kappa shape index (κ1) is 24.3. The summed E-state index contributed by atoms with van der Waals surface area (Å²) in [4.78, 5) is 41.1. The highest BCUT2D eigenvalue weighted by Gasteiger charge is 2.69. The molecule has 7 nitrogen and oxygen atoms in total. The molecule has 0 saturated carbocycles. The number of carbonyl (C=O) groups is 3. The third-order valence-electron chi connectivity index (χ3n) is 6.24. The summed E-state index contributed by atoms with van der Waals surface area (Å²) in [7, 11) is 0. The fourth-order valence-corrected chi connectivity index (χ4v) is 5.92. The number of phenols is 1. The number of nitrogens with zero attached hydrogens (tertiary/aromatic N) is 1. The Morgan fingerprint density at radius 2 is 1.82 bits per heavy atom. The lowest BCUT2D eigenvalue weighted by atomic mass is 9.75. The van der Waals surface area contributed by atoms with Gasteiger partial charge in [-0.1, -0.05) is 37.0 Å². The first-order chi connectivity index (χ1) is 15.5. The van der Waals surface area contributed by atoms with Gasteiger partial charge in [-0.2, -0.15) is 0 Å². The second kappa shape index (κ2) is 8.72. The number of imide groups is 1. The van der Waals surface area contributed by atoms with Gasteiger partial charge in [-0.25, -0.2) is 4.90 Å². The van der Waals surface area contributed by atoms with Gasteiger partial charge in [-0.05, 0) is 71.3 Å². The van der Waals surface area contributed by atoms with Crippen LogP contribution in [0.2, 0.25) is 10.0 Å². The highest BCUT2D eigenvalue weighted by molar-refractivity contribution is 14.1. The maximum Gasteiger partial charge on any atom is 0.324 e. The van der Waals surface area contributed by atoms with Crippen LogP contribution < -0.4 is 10.2 Å². The molecule has 174 valence electrons. The van der Waals surface area contributed by atoms with Gasteiger partial charge in [0.05, 0.1) is 22.5 Å². The van der Waals surface area contributed by atoms with Crippen LogP contribution in [0.3, 0.4) is 0 Å². The third kappa shape index (κ3) is 3.90. The van der Waals surface area contributed by atoms with E-state index >= 15 is 0 Å². The van der Waals surface area contributed by atoms with Crippen molar-refractivity contribution in [3.8, 4) is 5.75 Å². The largest absolute Gasteiger partial charge is 0.506 e. The van der Waals surface area contributed by atoms with Crippen LogP contribution >= 0.6 is 45.8 Å². The Labute approximate surface area is 214 Å². The maximum atomic E-state index is 13.7. The van der Waals surface area contributed by atoms with E-state index in [1.54, 1.807) is 24.3 Å². The molecule has 0 aliphatic carbocycles. The summed E-state index contributed by atoms with van der Waals surface area (Å²) < 4.78 is 0.924. The molecule has 2 aliphatic rings. The van der Waals surface area contributed by atoms with Gasteiger partial charge in [0.2, 0.25) is 11.8 Å². The summed E-state index contributed by atoms with van der Waals surface area (Å²) in [5.41, 5.74) is -1.16. The molecule has 2 aromatic carbocycles. The van der Waals surface area contributed by atoms with Gasteiger partial charge in [0, 0.05) is 20.2 Å². The molecule has 2 saturated heterocycles. The minimum atomic E-state index is -1.71. The Bertz CT molecular complexity index is 1160. The van der Waals surface area contributed by atoms with Crippen molar-refractivity contribution in [1.82, 2.24) is 5.32 Å². The number of carboxylic acid groups (broad SMARTS) is 1. The highest BCUT2D eigenvalue weighted by Crippen LogP contribution is 2.53. The van der Waals surface area contributed by atoms with Crippen LogP contribution in [0.5, 0.6) is 5.75 Å². The van der Waals surface area contributed by atoms with E-state index in [2.05, 4.69) is 27.9 Å². The molecule has 2 amide bonds. The van der Waals surface area contributed by atoms with Crippen LogP contribution in [0.15, 0.2) is 36.4 Å². The number of rotatable bonds is 5. The maximum absolute atomic E-state index is 13.7. The molecule has 2 heterocycles. The summed E-state index contributed by atoms with van der Waals surface area (Å²) >= 11 is 14.4. The van der Waals surface area contributed by atoms with E-state index in [9.17, 15) is 24.6 Å². The van der Waals surface area contributed by atoms with Gasteiger partial charge < -0.3 is 10.2 Å². The molecule has 10 heteroatoms. The SMILES string of the molecule is CC(C)C[C@@]1(C(=O)O)N[C@@H](c2cc(Cl)cc(Cl)c2O)[C@H]2C(=O)N(c3ccc(I)cc3)C(=O)[C@@H]21. The van der Waals surface area contributed by atoms with Crippen LogP contribution in [0.25, 0.3) is 0 Å². The number of amides is 2. The normalized spacial score (nSPS) is 26.8. The van der Waals surface area contributed by atoms with E-state index in [0.29, 0.717) is 5.69 Å². The Morgan fingerprint density at radius 1 is 1.18 bits per heavy atom. The van der Waals surface area contributed by atoms with E-state index < -0.39 is 41.2 Å². The lowest BCUT2D eigenvalue weighted by Crippen LogP contribution is -2.56. The molecule has 2 aliphatic heterocycles. The molecule has 4 rings (SSSR count). The van der Waals surface area contributed by atoms with Crippen LogP contribution in [0, 0.1) is 21.3 Å². The predicted octanol–water partition coefficient (Wildman–Crippen LogP) is 4.62. The van der Waals surface area contributed by atoms with E-state index in [4.69, 9.17) is 23.2 Å². The topological polar surface area (TPSA) is 107 Å². The molecular weight excluding hydrogens is 582 g/mol. The lowest BCUT2D eigenvalue weighted by Gasteiger charge is -2.32. The van der Waals surface area contributed by atoms with Crippen LogP contribution in [-0.2, 0) is 14.4 Å². The second-order valence-corrected chi connectivity index (χ2v) is 10.9. The van der Waals surface area contributed by atoms with Crippen molar-refractivity contribution in [3.05, 3.63) is 55.6 Å². The molecule has 2 aromatic rings. The number of aromatic hydroxyl groups is 1. The number of halogens is 3. The molecule has 0 aromatic heterocycles. The fraction of sp³-hybridized carbons (Fsp3) is 0.348. The van der Waals surface area contributed by atoms with Gasteiger partial charge in [0.25, 0.3) is 0 Å². The van der Waals surface area contributed by atoms with Crippen molar-refractivity contribution in [2.24, 2.45) is 17.8 Å². The number of benzene rings is 2. The van der Waals surface area contributed by atoms with Crippen molar-refractivity contribution in [2.45, 2.75) is 31.8 Å². The van der Waals surface area contributed by atoms with Gasteiger partial charge in [-0.3, -0.25) is 19.7 Å². The van der Waals surface area contributed by atoms with E-state index in [1.165, 1.54) is 12.1 Å². The standard InChI is InChI=1S/C23H21Cl2IN2O5/c1-10(2)9-23(22(32)33)17-16(18(27-23)14-7-11(24)8-15(25)19(14)29)20(30)28(21(17)31)13-5-3-12(26)4-6-13/h3-8,10,16-18,27,29H,9H2,1-2H3,(H,32,33)/t16-,17+,18-,23+/m0/s1. The lowest BCUT2D eigenvalue weighted by molar-refractivity contribution is -0.149. The number of fused-ring (bicyclic) bond motifs is 1. The number of carbonyl (C=O) groups excluding carboxylic acids is 2. The molecule has 3 N–H and O–H groups in total. The zero-order chi connectivity index (χ0) is 24.2. The van der Waals surface area contributed by atoms with Crippen molar-refractivity contribution in [1.29, 1.82) is 0 Å². The zero-order valence-corrected chi connectivity index (χ0v) is 21.4. The van der Waals surface area contributed by atoms with Crippen LogP contribution in [0.4, 0.5) is 5.69 Å². The fourth-order valence-electron chi connectivity index (χ4n) is 5.05. The van der Waals surface area contributed by atoms with Gasteiger partial charge in [0.15, 0.2) is 0 Å². The number of hydrogen-bond acceptors (Lipinski definition) is 5. The first-order valence-corrected chi connectivity index (χ1v) is 12.1. The number of aliphatic carboxylic acids is 1. The molecule has 0 radical (unpaired) electrons. The van der Waals surface area contributed by atoms with Crippen molar-refractivity contribution in [3.63, 3.8) is 0 Å². The van der Waals surface area contributed by atoms with Crippen molar-refractivity contribution < 1.29 is 24.6 Å². The van der Waals surface area contributed by atoms with Gasteiger partial charge in [0.1, 0.15) is 11.3 Å². The Balaban J connectivity index is 1.91. The Hall–Kier alpha value is -1.88. The van der Waals surface area contributed by atoms with Crippen molar-refractivity contribution in [2.75, 3.05) is 4.90 Å². The molecular formula is C23H21Cl2IN2O5. The van der Waals surface area contributed by atoms with Gasteiger partial charge in [-0.15, -0.1) is 0 Å². The highest BCUT2D eigenvalue weighted by atomic mass is 127. The Morgan fingerprint density at radius 3 is 2.39 bits per heavy atom. The summed E-state index contributed by atoms with van der Waals surface area (Å²) in [5.74, 6) is -5.00. The number of anilines is 1. The van der Waals surface area contributed by atoms with Crippen molar-refractivity contribution >= 4 is 69.3 Å². The monoisotopic (exact) mass is 602 g/mol. The predicted molar refractivity (Wildman–Crippen MR) is 132 cm³/mol. The first-order valence-electron chi connectivity index (χ1n) is 10.3. The second-order valence-electron chi connectivity index (χ2n) is 8.81. The quantitative estimate of drug-likeness (QED) is 0.340. The van der Waals surface area contributed by atoms with Crippen LogP contribution in [-0.4, -0.2) is 33.5 Å². The summed E-state index contributed by atoms with van der Waals surface area (Å²) in [6, 6.07) is 8.65.